The van der Waals surface area contributed by atoms with Crippen LogP contribution >= 0.6 is 0 Å². The van der Waals surface area contributed by atoms with Crippen molar-refractivity contribution in [1.29, 1.82) is 5.26 Å². The summed E-state index contributed by atoms with van der Waals surface area (Å²) in [7, 11) is 0. The average molecular weight is 620 g/mol. The van der Waals surface area contributed by atoms with E-state index in [0.29, 0.717) is 11.1 Å². The van der Waals surface area contributed by atoms with Gasteiger partial charge < -0.3 is 25.6 Å². The Morgan fingerprint density at radius 3 is 1.98 bits per heavy atom. The smallest absolute Gasteiger partial charge is 0.306 e. The van der Waals surface area contributed by atoms with E-state index in [1.807, 2.05) is 0 Å². The second kappa shape index (κ2) is 18.4. The molecule has 0 fully saturated rings. The van der Waals surface area contributed by atoms with Gasteiger partial charge in [0.25, 0.3) is 0 Å². The Hall–Kier alpha value is -5.31. The number of nitriles is 1. The van der Waals surface area contributed by atoms with E-state index in [4.69, 9.17) is 10.00 Å². The first-order valence-corrected chi connectivity index (χ1v) is 14.3. The number of nitrogens with zero attached hydrogens (tertiary/aromatic N) is 1. The third-order valence-corrected chi connectivity index (χ3v) is 6.88. The van der Waals surface area contributed by atoms with Crippen molar-refractivity contribution in [3.05, 3.63) is 83.9 Å². The summed E-state index contributed by atoms with van der Waals surface area (Å²) in [5.74, 6) is -8.02. The Balaban J connectivity index is 2.25. The van der Waals surface area contributed by atoms with E-state index >= 15 is 0 Å². The van der Waals surface area contributed by atoms with Gasteiger partial charge in [0.2, 0.25) is 11.8 Å². The molecule has 0 aliphatic heterocycles. The maximum atomic E-state index is 13.7. The minimum absolute atomic E-state index is 0.0650. The van der Waals surface area contributed by atoms with Gasteiger partial charge >= 0.3 is 17.9 Å². The molecular weight excluding hydrogens is 582 g/mol. The van der Waals surface area contributed by atoms with Crippen LogP contribution in [0.25, 0.3) is 0 Å². The third-order valence-electron chi connectivity index (χ3n) is 6.88. The number of carboxylic acids is 2. The SMILES string of the molecule is CC(C)[C@H](CC(=O)[C@@H](NC(=O)[C@H](CC(=O)O)CC(=O)OCc1ccccc1)c1ccccc1)C(=O)N[C@H](/C=C/C#N)CC(=O)O. The Morgan fingerprint density at radius 2 is 1.42 bits per heavy atom. The van der Waals surface area contributed by atoms with E-state index in [1.165, 1.54) is 6.08 Å². The van der Waals surface area contributed by atoms with Crippen LogP contribution in [0.4, 0.5) is 0 Å². The van der Waals surface area contributed by atoms with Gasteiger partial charge in [0.1, 0.15) is 12.6 Å². The number of ketones is 1. The summed E-state index contributed by atoms with van der Waals surface area (Å²) in [4.78, 5) is 75.7. The van der Waals surface area contributed by atoms with Crippen LogP contribution in [0.5, 0.6) is 0 Å². The van der Waals surface area contributed by atoms with E-state index in [0.717, 1.165) is 6.08 Å². The van der Waals surface area contributed by atoms with Crippen LogP contribution in [0.2, 0.25) is 0 Å². The largest absolute Gasteiger partial charge is 0.481 e. The zero-order valence-electron chi connectivity index (χ0n) is 25.0. The number of hydrogen-bond acceptors (Lipinski definition) is 8. The van der Waals surface area contributed by atoms with E-state index in [-0.39, 0.29) is 18.9 Å². The molecule has 45 heavy (non-hydrogen) atoms. The maximum absolute atomic E-state index is 13.7. The van der Waals surface area contributed by atoms with Gasteiger partial charge in [0, 0.05) is 18.4 Å². The number of allylic oxidation sites excluding steroid dienone is 1. The number of Topliss-reactive ketones (excluding diaryl/α,β-unsaturated/α-hetero) is 1. The number of hydrogen-bond donors (Lipinski definition) is 4. The van der Waals surface area contributed by atoms with Gasteiger partial charge in [-0.15, -0.1) is 0 Å². The van der Waals surface area contributed by atoms with Gasteiger partial charge in [-0.1, -0.05) is 80.6 Å². The summed E-state index contributed by atoms with van der Waals surface area (Å²) in [6.07, 6.45) is 0.220. The van der Waals surface area contributed by atoms with Crippen molar-refractivity contribution in [2.45, 2.75) is 58.2 Å². The Labute approximate surface area is 261 Å². The molecule has 4 atom stereocenters. The molecule has 0 spiro atoms. The van der Waals surface area contributed by atoms with E-state index in [1.54, 1.807) is 80.6 Å². The fourth-order valence-corrected chi connectivity index (χ4v) is 4.49. The number of carbonyl (C=O) groups excluding carboxylic acids is 4. The molecule has 2 aromatic rings. The van der Waals surface area contributed by atoms with Crippen molar-refractivity contribution in [3.63, 3.8) is 0 Å². The van der Waals surface area contributed by atoms with Crippen LogP contribution in [0.3, 0.4) is 0 Å². The molecule has 238 valence electrons. The normalized spacial score (nSPS) is 13.6. The molecule has 12 nitrogen and oxygen atoms in total. The number of benzene rings is 2. The first kappa shape index (κ1) is 35.9. The van der Waals surface area contributed by atoms with Gasteiger partial charge in [-0.2, -0.15) is 5.26 Å². The number of amides is 2. The molecule has 0 saturated heterocycles. The predicted octanol–water partition coefficient (Wildman–Crippen LogP) is 3.34. The van der Waals surface area contributed by atoms with Gasteiger partial charge in [-0.05, 0) is 17.0 Å². The third kappa shape index (κ3) is 12.8. The first-order valence-electron chi connectivity index (χ1n) is 14.3. The van der Waals surface area contributed by atoms with Crippen molar-refractivity contribution < 1.29 is 43.7 Å². The summed E-state index contributed by atoms with van der Waals surface area (Å²) in [6.45, 7) is 3.34. The van der Waals surface area contributed by atoms with Crippen molar-refractivity contribution in [2.24, 2.45) is 17.8 Å². The summed E-state index contributed by atoms with van der Waals surface area (Å²) < 4.78 is 5.23. The van der Waals surface area contributed by atoms with Crippen molar-refractivity contribution in [2.75, 3.05) is 0 Å². The monoisotopic (exact) mass is 619 g/mol. The quantitative estimate of drug-likeness (QED) is 0.142. The zero-order valence-corrected chi connectivity index (χ0v) is 25.0. The number of carbonyl (C=O) groups is 6. The van der Waals surface area contributed by atoms with E-state index in [9.17, 15) is 39.0 Å². The number of esters is 1. The number of carboxylic acid groups (broad SMARTS) is 2. The van der Waals surface area contributed by atoms with Crippen molar-refractivity contribution in [3.8, 4) is 6.07 Å². The highest BCUT2D eigenvalue weighted by Crippen LogP contribution is 2.24. The lowest BCUT2D eigenvalue weighted by molar-refractivity contribution is -0.150. The summed E-state index contributed by atoms with van der Waals surface area (Å²) >= 11 is 0. The standard InChI is InChI=1S/C33H37N3O9/c1-21(2)26(33(44)35-25(14-9-15-34)18-29(40)41)19-27(37)31(23-12-7-4-8-13-23)36-32(43)24(16-28(38)39)17-30(42)45-20-22-10-5-3-6-11-22/h3-14,21,24-26,31H,16-20H2,1-2H3,(H,35,44)(H,36,43)(H,38,39)(H,40,41)/b14-9+/t24-,25-,26+,31+/m1/s1. The summed E-state index contributed by atoms with van der Waals surface area (Å²) in [6, 6.07) is 16.4. The molecule has 0 saturated carbocycles. The van der Waals surface area contributed by atoms with Crippen LogP contribution in [0.1, 0.15) is 56.7 Å². The molecule has 0 aromatic heterocycles. The fraction of sp³-hybridized carbons (Fsp3) is 0.364. The maximum Gasteiger partial charge on any atom is 0.306 e. The highest BCUT2D eigenvalue weighted by atomic mass is 16.5. The summed E-state index contributed by atoms with van der Waals surface area (Å²) in [5.41, 5.74) is 1.08. The van der Waals surface area contributed by atoms with Crippen molar-refractivity contribution in [1.82, 2.24) is 10.6 Å². The van der Waals surface area contributed by atoms with E-state index in [2.05, 4.69) is 10.6 Å². The Bertz CT molecular complexity index is 1400. The zero-order chi connectivity index (χ0) is 33.4. The fourth-order valence-electron chi connectivity index (χ4n) is 4.49. The minimum atomic E-state index is -1.35. The number of nitrogens with one attached hydrogen (secondary N) is 2. The second-order valence-corrected chi connectivity index (χ2v) is 10.7. The highest BCUT2D eigenvalue weighted by molar-refractivity contribution is 5.95. The molecule has 4 N–H and O–H groups in total. The average Bonchev–Trinajstić information content (AvgIpc) is 2.99. The molecular formula is C33H37N3O9. The highest BCUT2D eigenvalue weighted by Gasteiger charge is 2.34. The van der Waals surface area contributed by atoms with Crippen LogP contribution < -0.4 is 10.6 Å². The Morgan fingerprint density at radius 1 is 0.822 bits per heavy atom. The minimum Gasteiger partial charge on any atom is -0.481 e. The van der Waals surface area contributed by atoms with Gasteiger partial charge in [0.05, 0.1) is 37.3 Å². The number of aliphatic carboxylic acids is 2. The van der Waals surface area contributed by atoms with Gasteiger partial charge in [-0.3, -0.25) is 28.8 Å². The molecule has 0 bridgehead atoms. The molecule has 0 unspecified atom stereocenters. The van der Waals surface area contributed by atoms with Crippen LogP contribution in [0.15, 0.2) is 72.8 Å². The molecule has 0 aliphatic carbocycles. The van der Waals surface area contributed by atoms with Crippen LogP contribution in [0, 0.1) is 29.1 Å². The lowest BCUT2D eigenvalue weighted by Crippen LogP contribution is -2.43. The molecule has 0 aliphatic rings. The predicted molar refractivity (Wildman–Crippen MR) is 161 cm³/mol. The first-order chi connectivity index (χ1) is 21.4. The van der Waals surface area contributed by atoms with Gasteiger partial charge in [-0.25, -0.2) is 0 Å². The van der Waals surface area contributed by atoms with Crippen molar-refractivity contribution >= 4 is 35.5 Å². The Kier molecular flexibility index (Phi) is 14.7. The topological polar surface area (TPSA) is 200 Å². The molecule has 2 aromatic carbocycles. The lowest BCUT2D eigenvalue weighted by atomic mass is 9.86. The molecule has 0 heterocycles. The summed E-state index contributed by atoms with van der Waals surface area (Å²) in [5, 5.41) is 32.6. The van der Waals surface area contributed by atoms with Crippen LogP contribution in [-0.4, -0.2) is 51.8 Å². The van der Waals surface area contributed by atoms with Crippen LogP contribution in [-0.2, 0) is 40.1 Å². The van der Waals surface area contributed by atoms with E-state index < -0.39 is 78.7 Å². The molecule has 2 amide bonds. The number of rotatable bonds is 18. The van der Waals surface area contributed by atoms with Gasteiger partial charge in [0.15, 0.2) is 5.78 Å². The second-order valence-electron chi connectivity index (χ2n) is 10.7. The molecule has 0 radical (unpaired) electrons. The molecule has 2 rings (SSSR count). The number of ether oxygens (including phenoxy) is 1. The molecule has 12 heteroatoms. The lowest BCUT2D eigenvalue weighted by Gasteiger charge is -2.26.